The lowest BCUT2D eigenvalue weighted by Crippen LogP contribution is -2.45. The topological polar surface area (TPSA) is 166 Å². The third-order valence-corrected chi connectivity index (χ3v) is 12.8. The summed E-state index contributed by atoms with van der Waals surface area (Å²) < 4.78 is 52.0. The normalized spacial score (nSPS) is 20.6. The van der Waals surface area contributed by atoms with E-state index in [4.69, 9.17) is 9.84 Å². The molecule has 6 heterocycles. The van der Waals surface area contributed by atoms with Crippen molar-refractivity contribution in [2.75, 3.05) is 44.0 Å². The molecular weight excluding hydrogens is 796 g/mol. The molecule has 6 aromatic rings. The summed E-state index contributed by atoms with van der Waals surface area (Å²) in [7, 11) is 5.42. The minimum atomic E-state index is -4.67. The Morgan fingerprint density at radius 1 is 1.03 bits per heavy atom. The van der Waals surface area contributed by atoms with Crippen molar-refractivity contribution in [2.24, 2.45) is 13.0 Å². The van der Waals surface area contributed by atoms with Gasteiger partial charge in [-0.05, 0) is 82.2 Å². The molecule has 1 saturated carbocycles. The molecule has 3 amide bonds. The van der Waals surface area contributed by atoms with Gasteiger partial charge in [0.2, 0.25) is 11.8 Å². The van der Waals surface area contributed by atoms with E-state index in [9.17, 15) is 32.3 Å². The SMILES string of the molecule is COc1cc2nn(C3CCC(CN(C)C4CCN(c5cccc6c5n(C)c(=O)n6C5CCC(=O)NC5=O)CC4)CC3)cc2cc1NC(=O)c1ncn2ccc(C(F)(F)F)nc12. The number of fused-ring (bicyclic) bond motifs is 3. The van der Waals surface area contributed by atoms with Crippen molar-refractivity contribution in [1.29, 1.82) is 0 Å². The number of imidazole rings is 2. The number of alkyl halides is 3. The Kier molecular flexibility index (Phi) is 10.3. The van der Waals surface area contributed by atoms with Crippen molar-refractivity contribution in [1.82, 2.24) is 43.5 Å². The average Bonchev–Trinajstić information content (AvgIpc) is 3.94. The summed E-state index contributed by atoms with van der Waals surface area (Å²) >= 11 is 0. The number of ether oxygens (including phenoxy) is 1. The fourth-order valence-electron chi connectivity index (χ4n) is 9.50. The van der Waals surface area contributed by atoms with E-state index in [-0.39, 0.29) is 35.4 Å². The van der Waals surface area contributed by atoms with Gasteiger partial charge in [0.05, 0.1) is 41.1 Å². The van der Waals surface area contributed by atoms with Gasteiger partial charge in [0.1, 0.15) is 23.8 Å². The first kappa shape index (κ1) is 40.2. The van der Waals surface area contributed by atoms with Gasteiger partial charge >= 0.3 is 11.9 Å². The number of imide groups is 1. The van der Waals surface area contributed by atoms with Gasteiger partial charge in [-0.2, -0.15) is 18.3 Å². The van der Waals surface area contributed by atoms with Crippen molar-refractivity contribution < 1.29 is 32.3 Å². The Hall–Kier alpha value is -6.24. The number of rotatable bonds is 9. The van der Waals surface area contributed by atoms with Crippen LogP contribution in [0.2, 0.25) is 0 Å². The number of carbonyl (C=O) groups excluding carboxylic acids is 3. The Labute approximate surface area is 347 Å². The molecule has 61 heavy (non-hydrogen) atoms. The molecule has 2 N–H and O–H groups in total. The van der Waals surface area contributed by atoms with E-state index in [2.05, 4.69) is 37.4 Å². The Bertz CT molecular complexity index is 2740. The van der Waals surface area contributed by atoms with Gasteiger partial charge in [0, 0.05) is 63.0 Å². The number of anilines is 2. The van der Waals surface area contributed by atoms with Crippen LogP contribution in [-0.4, -0.2) is 95.7 Å². The van der Waals surface area contributed by atoms with Crippen LogP contribution in [0, 0.1) is 5.92 Å². The second kappa shape index (κ2) is 15.7. The maximum Gasteiger partial charge on any atom is 0.433 e. The zero-order chi connectivity index (χ0) is 42.7. The second-order valence-corrected chi connectivity index (χ2v) is 16.5. The van der Waals surface area contributed by atoms with Crippen molar-refractivity contribution >= 4 is 56.7 Å². The molecule has 16 nitrogen and oxygen atoms in total. The molecule has 1 aliphatic carbocycles. The van der Waals surface area contributed by atoms with Crippen molar-refractivity contribution in [2.45, 2.75) is 75.7 Å². The third-order valence-electron chi connectivity index (χ3n) is 12.8. The molecule has 19 heteroatoms. The zero-order valence-electron chi connectivity index (χ0n) is 34.0. The number of hydrogen-bond acceptors (Lipinski definition) is 10. The van der Waals surface area contributed by atoms with Gasteiger partial charge in [-0.3, -0.25) is 37.9 Å². The lowest BCUT2D eigenvalue weighted by Gasteiger charge is -2.40. The van der Waals surface area contributed by atoms with Crippen LogP contribution in [0.4, 0.5) is 24.5 Å². The average molecular weight is 842 g/mol. The summed E-state index contributed by atoms with van der Waals surface area (Å²) in [6.07, 6.45) is 6.17. The van der Waals surface area contributed by atoms with Crippen molar-refractivity contribution in [3.05, 3.63) is 77.0 Å². The molecule has 2 aromatic carbocycles. The molecule has 320 valence electrons. The number of hydrogen-bond donors (Lipinski definition) is 2. The molecule has 1 unspecified atom stereocenters. The standard InChI is InChI=1S/C42H46F3N11O5/c1-51(26-13-16-53(17-14-26)30-5-4-6-31-37(30)52(2)41(60)56(31)32-11-12-35(57)49-39(32)58)21-24-7-9-27(10-8-24)55-22-25-19-29(33(61-3)20-28(25)50-55)47-40(59)36-38-48-34(42(43,44)45)15-18-54(38)23-46-36/h4-6,15,18-20,22-24,26-27,32H,7-14,16-17,21H2,1-3H3,(H,47,59)(H,49,57,58). The molecule has 0 spiro atoms. The van der Waals surface area contributed by atoms with Crippen LogP contribution in [0.1, 0.15) is 79.6 Å². The highest BCUT2D eigenvalue weighted by atomic mass is 19.4. The van der Waals surface area contributed by atoms with Gasteiger partial charge in [-0.25, -0.2) is 14.8 Å². The van der Waals surface area contributed by atoms with Crippen LogP contribution < -0.4 is 26.0 Å². The minimum absolute atomic E-state index is 0.196. The molecule has 0 bridgehead atoms. The van der Waals surface area contributed by atoms with Crippen LogP contribution in [0.3, 0.4) is 0 Å². The number of benzene rings is 2. The number of amides is 3. The second-order valence-electron chi connectivity index (χ2n) is 16.5. The molecule has 4 aromatic heterocycles. The molecule has 2 saturated heterocycles. The van der Waals surface area contributed by atoms with E-state index >= 15 is 0 Å². The van der Waals surface area contributed by atoms with Crippen molar-refractivity contribution in [3.8, 4) is 5.75 Å². The van der Waals surface area contributed by atoms with E-state index in [1.807, 2.05) is 29.1 Å². The third kappa shape index (κ3) is 7.48. The van der Waals surface area contributed by atoms with Crippen molar-refractivity contribution in [3.63, 3.8) is 0 Å². The van der Waals surface area contributed by atoms with Crippen LogP contribution in [0.15, 0.2) is 59.9 Å². The predicted molar refractivity (Wildman–Crippen MR) is 220 cm³/mol. The fraction of sp³-hybridized carbons (Fsp3) is 0.452. The van der Waals surface area contributed by atoms with E-state index in [0.717, 1.165) is 87.0 Å². The number of carbonyl (C=O) groups is 3. The first-order chi connectivity index (χ1) is 29.3. The molecule has 2 aliphatic heterocycles. The molecule has 1 atom stereocenters. The number of nitrogens with one attached hydrogen (secondary N) is 2. The largest absolute Gasteiger partial charge is 0.494 e. The predicted octanol–water partition coefficient (Wildman–Crippen LogP) is 5.32. The summed E-state index contributed by atoms with van der Waals surface area (Å²) in [5, 5.41) is 10.8. The van der Waals surface area contributed by atoms with Gasteiger partial charge in [-0.15, -0.1) is 0 Å². The minimum Gasteiger partial charge on any atom is -0.494 e. The number of methoxy groups -OCH3 is 1. The quantitative estimate of drug-likeness (QED) is 0.182. The van der Waals surface area contributed by atoms with Gasteiger partial charge in [0.25, 0.3) is 5.91 Å². The summed E-state index contributed by atoms with van der Waals surface area (Å²) in [6.45, 7) is 2.67. The number of piperidine rings is 2. The van der Waals surface area contributed by atoms with Gasteiger partial charge in [-0.1, -0.05) is 6.07 Å². The van der Waals surface area contributed by atoms with Crippen LogP contribution in [-0.2, 0) is 22.8 Å². The number of para-hydroxylation sites is 1. The lowest BCUT2D eigenvalue weighted by atomic mass is 9.85. The van der Waals surface area contributed by atoms with Crippen LogP contribution in [0.5, 0.6) is 5.75 Å². The maximum atomic E-state index is 13.5. The smallest absolute Gasteiger partial charge is 0.433 e. The monoisotopic (exact) mass is 841 g/mol. The number of aryl methyl sites for hydroxylation is 1. The van der Waals surface area contributed by atoms with E-state index in [0.29, 0.717) is 40.9 Å². The van der Waals surface area contributed by atoms with E-state index < -0.39 is 29.7 Å². The first-order valence-corrected chi connectivity index (χ1v) is 20.6. The van der Waals surface area contributed by atoms with E-state index in [1.54, 1.807) is 23.7 Å². The number of halogens is 3. The molecular formula is C42H46F3N11O5. The zero-order valence-corrected chi connectivity index (χ0v) is 34.0. The first-order valence-electron chi connectivity index (χ1n) is 20.6. The lowest BCUT2D eigenvalue weighted by molar-refractivity contribution is -0.141. The highest BCUT2D eigenvalue weighted by Gasteiger charge is 2.35. The molecule has 3 fully saturated rings. The van der Waals surface area contributed by atoms with Gasteiger partial charge < -0.3 is 19.9 Å². The highest BCUT2D eigenvalue weighted by Crippen LogP contribution is 2.37. The summed E-state index contributed by atoms with van der Waals surface area (Å²) in [5.74, 6) is -0.587. The fourth-order valence-corrected chi connectivity index (χ4v) is 9.50. The summed E-state index contributed by atoms with van der Waals surface area (Å²) in [6, 6.07) is 10.1. The highest BCUT2D eigenvalue weighted by molar-refractivity contribution is 6.08. The Morgan fingerprint density at radius 3 is 2.52 bits per heavy atom. The number of nitrogens with zero attached hydrogens (tertiary/aromatic N) is 9. The Morgan fingerprint density at radius 2 is 1.80 bits per heavy atom. The molecule has 3 aliphatic rings. The molecule has 9 rings (SSSR count). The van der Waals surface area contributed by atoms with Crippen LogP contribution in [0.25, 0.3) is 27.6 Å². The Balaban J connectivity index is 0.809. The van der Waals surface area contributed by atoms with Crippen LogP contribution >= 0.6 is 0 Å². The summed E-state index contributed by atoms with van der Waals surface area (Å²) in [4.78, 5) is 63.8. The van der Waals surface area contributed by atoms with Gasteiger partial charge in [0.15, 0.2) is 11.3 Å². The maximum absolute atomic E-state index is 13.5. The van der Waals surface area contributed by atoms with E-state index in [1.165, 1.54) is 22.4 Å². The summed E-state index contributed by atoms with van der Waals surface area (Å²) in [5.41, 5.74) is 1.63. The number of aromatic nitrogens is 7. The molecule has 0 radical (unpaired) electrons.